The second kappa shape index (κ2) is 7.10. The third kappa shape index (κ3) is 2.80. The highest BCUT2D eigenvalue weighted by atomic mass is 16.5. The number of fused-ring (bicyclic) bond motifs is 4. The summed E-state index contributed by atoms with van der Waals surface area (Å²) < 4.78 is 11.9. The van der Waals surface area contributed by atoms with E-state index in [0.29, 0.717) is 11.5 Å². The Hall–Kier alpha value is -0.760. The van der Waals surface area contributed by atoms with Crippen molar-refractivity contribution in [1.82, 2.24) is 0 Å². The molecule has 25 heavy (non-hydrogen) atoms. The van der Waals surface area contributed by atoms with E-state index in [1.165, 1.54) is 50.7 Å². The molecule has 0 aromatic carbocycles. The van der Waals surface area contributed by atoms with Crippen LogP contribution in [0.15, 0.2) is 23.0 Å². The van der Waals surface area contributed by atoms with Crippen molar-refractivity contribution in [2.75, 3.05) is 13.7 Å². The van der Waals surface area contributed by atoms with Gasteiger partial charge in [0.15, 0.2) is 0 Å². The molecule has 0 aromatic rings. The summed E-state index contributed by atoms with van der Waals surface area (Å²) in [5.74, 6) is 3.87. The van der Waals surface area contributed by atoms with Gasteiger partial charge >= 0.3 is 0 Å². The molecule has 0 aliphatic heterocycles. The highest BCUT2D eigenvalue weighted by molar-refractivity contribution is 5.32. The smallest absolute Gasteiger partial charge is 0.0959 e. The summed E-state index contributed by atoms with van der Waals surface area (Å²) in [5.41, 5.74) is 4.01. The van der Waals surface area contributed by atoms with Crippen LogP contribution >= 0.6 is 0 Å². The van der Waals surface area contributed by atoms with Crippen molar-refractivity contribution >= 4 is 0 Å². The predicted octanol–water partition coefficient (Wildman–Crippen LogP) is 6.03. The van der Waals surface area contributed by atoms with Gasteiger partial charge in [0.05, 0.1) is 19.0 Å². The van der Waals surface area contributed by atoms with Gasteiger partial charge in [-0.1, -0.05) is 25.0 Å². The Morgan fingerprint density at radius 2 is 2.04 bits per heavy atom. The molecule has 0 N–H and O–H groups in total. The van der Waals surface area contributed by atoms with Gasteiger partial charge in [0, 0.05) is 13.0 Å². The van der Waals surface area contributed by atoms with E-state index in [0.717, 1.165) is 43.6 Å². The third-order valence-electron chi connectivity index (χ3n) is 8.14. The molecular formula is C23H36O2. The Morgan fingerprint density at radius 1 is 1.16 bits per heavy atom. The number of methoxy groups -OCH3 is 1. The standard InChI is InChI=1S/C23H36O2/c1-4-14-25-22-11-10-21-20-8-6-16-15-17(24-3)7-9-18(16)19(20)12-13-23(21,22)5-2/h7,19-22H,4-6,8-15H2,1-3H3/t19-,20-,21+,22+,23+/m1/s1. The molecule has 0 spiro atoms. The summed E-state index contributed by atoms with van der Waals surface area (Å²) >= 11 is 0. The molecule has 2 fully saturated rings. The van der Waals surface area contributed by atoms with Crippen molar-refractivity contribution < 1.29 is 9.47 Å². The molecule has 0 amide bonds. The Balaban J connectivity index is 1.55. The van der Waals surface area contributed by atoms with Crippen LogP contribution in [0, 0.1) is 23.2 Å². The number of hydrogen-bond acceptors (Lipinski definition) is 2. The monoisotopic (exact) mass is 344 g/mol. The normalized spacial score (nSPS) is 40.2. The molecule has 4 rings (SSSR count). The van der Waals surface area contributed by atoms with Crippen LogP contribution in [-0.2, 0) is 9.47 Å². The van der Waals surface area contributed by atoms with Crippen LogP contribution in [-0.4, -0.2) is 19.8 Å². The predicted molar refractivity (Wildman–Crippen MR) is 102 cm³/mol. The number of allylic oxidation sites excluding steroid dienone is 3. The van der Waals surface area contributed by atoms with Gasteiger partial charge in [-0.05, 0) is 87.0 Å². The van der Waals surface area contributed by atoms with Gasteiger partial charge < -0.3 is 9.47 Å². The average molecular weight is 345 g/mol. The molecule has 2 saturated carbocycles. The first kappa shape index (κ1) is 17.6. The van der Waals surface area contributed by atoms with Crippen LogP contribution in [0.2, 0.25) is 0 Å². The molecule has 2 heteroatoms. The van der Waals surface area contributed by atoms with E-state index < -0.39 is 0 Å². The topological polar surface area (TPSA) is 18.5 Å². The lowest BCUT2D eigenvalue weighted by molar-refractivity contribution is -0.0817. The highest BCUT2D eigenvalue weighted by Gasteiger charge is 2.57. The van der Waals surface area contributed by atoms with Crippen molar-refractivity contribution in [2.45, 2.75) is 84.2 Å². The van der Waals surface area contributed by atoms with E-state index in [1.807, 2.05) is 7.11 Å². The van der Waals surface area contributed by atoms with Gasteiger partial charge in [-0.15, -0.1) is 0 Å². The maximum Gasteiger partial charge on any atom is 0.0959 e. The lowest BCUT2D eigenvalue weighted by Gasteiger charge is -2.53. The number of ether oxygens (including phenoxy) is 2. The van der Waals surface area contributed by atoms with Gasteiger partial charge in [-0.25, -0.2) is 0 Å². The lowest BCUT2D eigenvalue weighted by atomic mass is 9.53. The van der Waals surface area contributed by atoms with Crippen LogP contribution < -0.4 is 0 Å². The lowest BCUT2D eigenvalue weighted by Crippen LogP contribution is -2.47. The van der Waals surface area contributed by atoms with E-state index in [-0.39, 0.29) is 0 Å². The zero-order chi connectivity index (χ0) is 17.4. The van der Waals surface area contributed by atoms with Gasteiger partial charge in [-0.2, -0.15) is 0 Å². The molecule has 0 heterocycles. The van der Waals surface area contributed by atoms with Gasteiger partial charge in [0.25, 0.3) is 0 Å². The van der Waals surface area contributed by atoms with Gasteiger partial charge in [-0.3, -0.25) is 0 Å². The summed E-state index contributed by atoms with van der Waals surface area (Å²) in [7, 11) is 1.83. The second-order valence-electron chi connectivity index (χ2n) is 8.86. The Kier molecular flexibility index (Phi) is 5.01. The second-order valence-corrected chi connectivity index (χ2v) is 8.86. The molecule has 4 aliphatic rings. The quantitative estimate of drug-likeness (QED) is 0.567. The zero-order valence-corrected chi connectivity index (χ0v) is 16.5. The molecule has 0 radical (unpaired) electrons. The first-order valence-electron chi connectivity index (χ1n) is 10.8. The third-order valence-corrected chi connectivity index (χ3v) is 8.14. The summed E-state index contributed by atoms with van der Waals surface area (Å²) in [6.45, 7) is 5.62. The van der Waals surface area contributed by atoms with E-state index >= 15 is 0 Å². The van der Waals surface area contributed by atoms with Crippen molar-refractivity contribution in [3.8, 4) is 0 Å². The van der Waals surface area contributed by atoms with E-state index in [2.05, 4.69) is 19.9 Å². The van der Waals surface area contributed by atoms with Gasteiger partial charge in [0.1, 0.15) is 0 Å². The first-order chi connectivity index (χ1) is 12.2. The van der Waals surface area contributed by atoms with Crippen LogP contribution in [0.3, 0.4) is 0 Å². The molecule has 0 saturated heterocycles. The summed E-state index contributed by atoms with van der Waals surface area (Å²) in [6, 6.07) is 0. The molecule has 0 unspecified atom stereocenters. The first-order valence-corrected chi connectivity index (χ1v) is 10.8. The van der Waals surface area contributed by atoms with Crippen molar-refractivity contribution in [1.29, 1.82) is 0 Å². The minimum absolute atomic E-state index is 0.483. The fourth-order valence-corrected chi connectivity index (χ4v) is 6.98. The van der Waals surface area contributed by atoms with Crippen molar-refractivity contribution in [2.24, 2.45) is 23.2 Å². The zero-order valence-electron chi connectivity index (χ0n) is 16.5. The van der Waals surface area contributed by atoms with E-state index in [4.69, 9.17) is 9.47 Å². The van der Waals surface area contributed by atoms with Crippen molar-refractivity contribution in [3.63, 3.8) is 0 Å². The van der Waals surface area contributed by atoms with Crippen LogP contribution in [0.25, 0.3) is 0 Å². The number of hydrogen-bond donors (Lipinski definition) is 0. The maximum absolute atomic E-state index is 6.39. The Bertz CT molecular complexity index is 560. The molecule has 0 aromatic heterocycles. The summed E-state index contributed by atoms with van der Waals surface area (Å²) in [4.78, 5) is 0. The largest absolute Gasteiger partial charge is 0.501 e. The Morgan fingerprint density at radius 3 is 2.80 bits per heavy atom. The SMILES string of the molecule is CCCO[C@H]1CC[C@H]2[C@@H]3CCC4=C(CC=C(OC)C4)[C@H]3CC[C@]12CC. The molecule has 5 atom stereocenters. The molecular weight excluding hydrogens is 308 g/mol. The molecule has 0 bridgehead atoms. The summed E-state index contributed by atoms with van der Waals surface area (Å²) in [6.07, 6.45) is 15.8. The Labute approximate surface area is 154 Å². The average Bonchev–Trinajstić information content (AvgIpc) is 3.04. The summed E-state index contributed by atoms with van der Waals surface area (Å²) in [5, 5.41) is 0. The highest BCUT2D eigenvalue weighted by Crippen LogP contribution is 2.63. The molecule has 2 nitrogen and oxygen atoms in total. The van der Waals surface area contributed by atoms with Crippen LogP contribution in [0.4, 0.5) is 0 Å². The van der Waals surface area contributed by atoms with Crippen LogP contribution in [0.1, 0.15) is 78.1 Å². The van der Waals surface area contributed by atoms with Crippen molar-refractivity contribution in [3.05, 3.63) is 23.0 Å². The number of rotatable bonds is 5. The minimum Gasteiger partial charge on any atom is -0.501 e. The minimum atomic E-state index is 0.483. The van der Waals surface area contributed by atoms with Crippen LogP contribution in [0.5, 0.6) is 0 Å². The molecule has 140 valence electrons. The maximum atomic E-state index is 6.39. The fourth-order valence-electron chi connectivity index (χ4n) is 6.98. The fraction of sp³-hybridized carbons (Fsp3) is 0.826. The van der Waals surface area contributed by atoms with E-state index in [9.17, 15) is 0 Å². The molecule has 4 aliphatic carbocycles. The van der Waals surface area contributed by atoms with E-state index in [1.54, 1.807) is 11.1 Å². The van der Waals surface area contributed by atoms with Gasteiger partial charge in [0.2, 0.25) is 0 Å².